The molecular weight excluding hydrogens is 244 g/mol. The Kier molecular flexibility index (Phi) is 10.2. The van der Waals surface area contributed by atoms with Crippen molar-refractivity contribution in [2.75, 3.05) is 52.7 Å². The Balaban J connectivity index is 3.94. The summed E-state index contributed by atoms with van der Waals surface area (Å²) in [6.45, 7) is -0.159. The minimum Gasteiger partial charge on any atom is -0.395 e. The molecule has 0 aliphatic carbocycles. The van der Waals surface area contributed by atoms with E-state index in [9.17, 15) is 9.59 Å². The van der Waals surface area contributed by atoms with Gasteiger partial charge in [-0.3, -0.25) is 9.59 Å². The van der Waals surface area contributed by atoms with Crippen molar-refractivity contribution >= 4 is 11.8 Å². The first kappa shape index (κ1) is 16.8. The predicted octanol–water partition coefficient (Wildman–Crippen LogP) is -3.08. The van der Waals surface area contributed by atoms with Crippen LogP contribution in [-0.4, -0.2) is 84.7 Å². The summed E-state index contributed by atoms with van der Waals surface area (Å²) in [6, 6.07) is 0. The molecule has 0 unspecified atom stereocenters. The van der Waals surface area contributed by atoms with E-state index in [0.717, 1.165) is 4.90 Å². The standard InChI is InChI=1S/C10H20N2O6/c13-4-2-12(3-5-14)10(17)9(16)11-1-7-18-8-6-15/h13-15H,1-8H2,(H,11,16). The van der Waals surface area contributed by atoms with Gasteiger partial charge in [0, 0.05) is 19.6 Å². The van der Waals surface area contributed by atoms with Crippen molar-refractivity contribution in [3.8, 4) is 0 Å². The number of ether oxygens (including phenoxy) is 1. The fourth-order valence-electron chi connectivity index (χ4n) is 1.18. The van der Waals surface area contributed by atoms with Crippen LogP contribution in [0, 0.1) is 0 Å². The number of hydrogen-bond acceptors (Lipinski definition) is 6. The first-order valence-corrected chi connectivity index (χ1v) is 5.64. The third-order valence-corrected chi connectivity index (χ3v) is 1.99. The minimum absolute atomic E-state index is 0.00613. The third-order valence-electron chi connectivity index (χ3n) is 1.99. The third kappa shape index (κ3) is 7.17. The monoisotopic (exact) mass is 264 g/mol. The van der Waals surface area contributed by atoms with E-state index in [2.05, 4.69) is 5.32 Å². The molecule has 0 aromatic rings. The summed E-state index contributed by atoms with van der Waals surface area (Å²) in [5, 5.41) is 28.2. The van der Waals surface area contributed by atoms with Crippen LogP contribution in [0.25, 0.3) is 0 Å². The molecule has 0 saturated carbocycles. The van der Waals surface area contributed by atoms with Gasteiger partial charge in [0.05, 0.1) is 33.0 Å². The summed E-state index contributed by atoms with van der Waals surface area (Å²) >= 11 is 0. The topological polar surface area (TPSA) is 119 Å². The van der Waals surface area contributed by atoms with Crippen molar-refractivity contribution in [3.05, 3.63) is 0 Å². The van der Waals surface area contributed by atoms with Gasteiger partial charge in [-0.15, -0.1) is 0 Å². The lowest BCUT2D eigenvalue weighted by atomic mass is 10.4. The molecule has 8 nitrogen and oxygen atoms in total. The van der Waals surface area contributed by atoms with Crippen LogP contribution in [0.2, 0.25) is 0 Å². The molecule has 0 spiro atoms. The molecule has 4 N–H and O–H groups in total. The molecule has 0 heterocycles. The van der Waals surface area contributed by atoms with E-state index < -0.39 is 11.8 Å². The summed E-state index contributed by atoms with van der Waals surface area (Å²) in [6.07, 6.45) is 0. The van der Waals surface area contributed by atoms with E-state index in [-0.39, 0.29) is 52.7 Å². The fourth-order valence-corrected chi connectivity index (χ4v) is 1.18. The second kappa shape index (κ2) is 10.9. The van der Waals surface area contributed by atoms with E-state index in [1.807, 2.05) is 0 Å². The number of carbonyl (C=O) groups excluding carboxylic acids is 2. The average molecular weight is 264 g/mol. The smallest absolute Gasteiger partial charge is 0.312 e. The molecule has 0 saturated heterocycles. The van der Waals surface area contributed by atoms with Crippen LogP contribution in [0.15, 0.2) is 0 Å². The lowest BCUT2D eigenvalue weighted by Crippen LogP contribution is -2.46. The summed E-state index contributed by atoms with van der Waals surface area (Å²) in [4.78, 5) is 24.0. The Labute approximate surface area is 105 Å². The van der Waals surface area contributed by atoms with Gasteiger partial charge >= 0.3 is 11.8 Å². The summed E-state index contributed by atoms with van der Waals surface area (Å²) in [5.74, 6) is -1.62. The van der Waals surface area contributed by atoms with Crippen molar-refractivity contribution in [1.29, 1.82) is 0 Å². The molecule has 0 aliphatic rings. The van der Waals surface area contributed by atoms with Gasteiger partial charge in [-0.25, -0.2) is 0 Å². The van der Waals surface area contributed by atoms with E-state index in [1.54, 1.807) is 0 Å². The second-order valence-corrected chi connectivity index (χ2v) is 3.33. The molecule has 106 valence electrons. The van der Waals surface area contributed by atoms with Crippen molar-refractivity contribution in [2.45, 2.75) is 0 Å². The van der Waals surface area contributed by atoms with Crippen molar-refractivity contribution in [2.24, 2.45) is 0 Å². The van der Waals surface area contributed by atoms with Crippen LogP contribution in [0.5, 0.6) is 0 Å². The van der Waals surface area contributed by atoms with Gasteiger partial charge in [-0.2, -0.15) is 0 Å². The van der Waals surface area contributed by atoms with Gasteiger partial charge in [-0.05, 0) is 0 Å². The molecule has 8 heteroatoms. The van der Waals surface area contributed by atoms with Gasteiger partial charge in [0.25, 0.3) is 0 Å². The number of aliphatic hydroxyl groups excluding tert-OH is 3. The summed E-state index contributed by atoms with van der Waals surface area (Å²) in [5.41, 5.74) is 0. The van der Waals surface area contributed by atoms with Gasteiger partial charge in [0.1, 0.15) is 0 Å². The Morgan fingerprint density at radius 3 is 2.11 bits per heavy atom. The van der Waals surface area contributed by atoms with Crippen molar-refractivity contribution in [1.82, 2.24) is 10.2 Å². The normalized spacial score (nSPS) is 10.2. The molecule has 0 rings (SSSR count). The van der Waals surface area contributed by atoms with Gasteiger partial charge in [-0.1, -0.05) is 0 Å². The van der Waals surface area contributed by atoms with Crippen LogP contribution >= 0.6 is 0 Å². The largest absolute Gasteiger partial charge is 0.395 e. The molecule has 0 atom stereocenters. The maximum atomic E-state index is 11.6. The van der Waals surface area contributed by atoms with Crippen LogP contribution in [0.4, 0.5) is 0 Å². The number of rotatable bonds is 9. The Morgan fingerprint density at radius 2 is 1.61 bits per heavy atom. The Bertz CT molecular complexity index is 243. The number of amides is 2. The van der Waals surface area contributed by atoms with Crippen LogP contribution in [0.3, 0.4) is 0 Å². The number of nitrogens with one attached hydrogen (secondary N) is 1. The van der Waals surface area contributed by atoms with Crippen LogP contribution in [0.1, 0.15) is 0 Å². The van der Waals surface area contributed by atoms with Gasteiger partial charge < -0.3 is 30.3 Å². The maximum absolute atomic E-state index is 11.6. The molecule has 0 aromatic heterocycles. The molecular formula is C10H20N2O6. The summed E-state index contributed by atoms with van der Waals surface area (Å²) in [7, 11) is 0. The zero-order valence-electron chi connectivity index (χ0n) is 10.2. The Hall–Kier alpha value is -1.22. The molecule has 2 amide bonds. The van der Waals surface area contributed by atoms with Gasteiger partial charge in [0.2, 0.25) is 0 Å². The lowest BCUT2D eigenvalue weighted by molar-refractivity contribution is -0.146. The SMILES string of the molecule is O=C(NCCOCCO)C(=O)N(CCO)CCO. The quantitative estimate of drug-likeness (QED) is 0.259. The first-order valence-electron chi connectivity index (χ1n) is 5.64. The molecule has 18 heavy (non-hydrogen) atoms. The fraction of sp³-hybridized carbons (Fsp3) is 0.800. The highest BCUT2D eigenvalue weighted by molar-refractivity contribution is 6.35. The van der Waals surface area contributed by atoms with Crippen molar-refractivity contribution < 1.29 is 29.6 Å². The van der Waals surface area contributed by atoms with Gasteiger partial charge in [0.15, 0.2) is 0 Å². The number of carbonyl (C=O) groups is 2. The van der Waals surface area contributed by atoms with E-state index in [1.165, 1.54) is 0 Å². The molecule has 0 bridgehead atoms. The van der Waals surface area contributed by atoms with E-state index in [4.69, 9.17) is 20.1 Å². The van der Waals surface area contributed by atoms with Crippen LogP contribution < -0.4 is 5.32 Å². The zero-order valence-corrected chi connectivity index (χ0v) is 10.2. The highest BCUT2D eigenvalue weighted by atomic mass is 16.5. The summed E-state index contributed by atoms with van der Waals surface area (Å²) < 4.78 is 4.90. The minimum atomic E-state index is -0.815. The molecule has 0 aliphatic heterocycles. The zero-order chi connectivity index (χ0) is 13.8. The molecule has 0 fully saturated rings. The maximum Gasteiger partial charge on any atom is 0.312 e. The number of hydrogen-bond donors (Lipinski definition) is 4. The highest BCUT2D eigenvalue weighted by Gasteiger charge is 2.20. The molecule has 0 aromatic carbocycles. The lowest BCUT2D eigenvalue weighted by Gasteiger charge is -2.19. The average Bonchev–Trinajstić information content (AvgIpc) is 2.37. The van der Waals surface area contributed by atoms with Crippen LogP contribution in [-0.2, 0) is 14.3 Å². The predicted molar refractivity (Wildman–Crippen MR) is 61.7 cm³/mol. The Morgan fingerprint density at radius 1 is 1.00 bits per heavy atom. The van der Waals surface area contributed by atoms with E-state index >= 15 is 0 Å². The molecule has 0 radical (unpaired) electrons. The highest BCUT2D eigenvalue weighted by Crippen LogP contribution is 1.89. The number of nitrogens with zero attached hydrogens (tertiary/aromatic N) is 1. The first-order chi connectivity index (χ1) is 8.67. The van der Waals surface area contributed by atoms with E-state index in [0.29, 0.717) is 0 Å². The van der Waals surface area contributed by atoms with Crippen molar-refractivity contribution in [3.63, 3.8) is 0 Å². The number of aliphatic hydroxyl groups is 3. The second-order valence-electron chi connectivity index (χ2n) is 3.33.